The van der Waals surface area contributed by atoms with Crippen molar-refractivity contribution < 1.29 is 28.5 Å². The van der Waals surface area contributed by atoms with Crippen molar-refractivity contribution in [2.45, 2.75) is 57.2 Å². The van der Waals surface area contributed by atoms with Gasteiger partial charge in [-0.05, 0) is 19.6 Å². The molecule has 1 aliphatic heterocycles. The number of methoxy groups -OCH3 is 2. The number of rotatable bonds is 6. The number of amides is 1. The second kappa shape index (κ2) is 7.66. The van der Waals surface area contributed by atoms with Crippen LogP contribution in [0.1, 0.15) is 6.92 Å². The number of carbonyl (C=O) groups excluding carboxylic acids is 1. The first kappa shape index (κ1) is 18.5. The maximum absolute atomic E-state index is 11.3. The van der Waals surface area contributed by atoms with Gasteiger partial charge in [0.2, 0.25) is 5.91 Å². The second-order valence-corrected chi connectivity index (χ2v) is 10.6. The van der Waals surface area contributed by atoms with E-state index in [2.05, 4.69) is 25.0 Å². The third-order valence-electron chi connectivity index (χ3n) is 3.13. The monoisotopic (exact) mass is 321 g/mol. The van der Waals surface area contributed by atoms with Gasteiger partial charge in [0.15, 0.2) is 14.6 Å². The summed E-state index contributed by atoms with van der Waals surface area (Å²) in [5, 5.41) is 12.8. The summed E-state index contributed by atoms with van der Waals surface area (Å²) in [4.78, 5) is 11.3. The molecule has 1 saturated heterocycles. The van der Waals surface area contributed by atoms with Gasteiger partial charge in [0.25, 0.3) is 0 Å². The van der Waals surface area contributed by atoms with Gasteiger partial charge in [-0.15, -0.1) is 0 Å². The molecule has 0 aromatic heterocycles. The van der Waals surface area contributed by atoms with Crippen LogP contribution in [0.15, 0.2) is 0 Å². The molecule has 0 spiro atoms. The lowest BCUT2D eigenvalue weighted by Crippen LogP contribution is -2.66. The molecule has 1 aliphatic rings. The summed E-state index contributed by atoms with van der Waals surface area (Å²) in [7, 11) is 1.21. The molecule has 0 aromatic rings. The Morgan fingerprint density at radius 1 is 1.29 bits per heavy atom. The lowest BCUT2D eigenvalue weighted by molar-refractivity contribution is -0.255. The van der Waals surface area contributed by atoms with Crippen LogP contribution in [-0.4, -0.2) is 70.8 Å². The van der Waals surface area contributed by atoms with Gasteiger partial charge in [-0.2, -0.15) is 0 Å². The van der Waals surface area contributed by atoms with Gasteiger partial charge in [0.1, 0.15) is 24.4 Å². The first-order chi connectivity index (χ1) is 9.69. The smallest absolute Gasteiger partial charge is 0.217 e. The van der Waals surface area contributed by atoms with Crippen LogP contribution in [0, 0.1) is 0 Å². The van der Waals surface area contributed by atoms with Crippen LogP contribution in [0.25, 0.3) is 0 Å². The van der Waals surface area contributed by atoms with Crippen LogP contribution in [0.5, 0.6) is 0 Å². The zero-order valence-electron chi connectivity index (χ0n) is 13.6. The lowest BCUT2D eigenvalue weighted by atomic mass is 9.96. The zero-order valence-corrected chi connectivity index (χ0v) is 14.6. The van der Waals surface area contributed by atoms with Crippen LogP contribution in [0.3, 0.4) is 0 Å². The highest BCUT2D eigenvalue weighted by Crippen LogP contribution is 2.27. The Bertz CT molecular complexity index is 348. The molecule has 124 valence electrons. The van der Waals surface area contributed by atoms with Crippen molar-refractivity contribution >= 4 is 14.2 Å². The molecule has 2 N–H and O–H groups in total. The molecule has 7 nitrogen and oxygen atoms in total. The highest BCUT2D eigenvalue weighted by atomic mass is 28.4. The fourth-order valence-corrected chi connectivity index (χ4v) is 3.54. The summed E-state index contributed by atoms with van der Waals surface area (Å²) in [5.41, 5.74) is 0. The van der Waals surface area contributed by atoms with E-state index < -0.39 is 39.0 Å². The van der Waals surface area contributed by atoms with Gasteiger partial charge in [0.05, 0.1) is 6.61 Å². The van der Waals surface area contributed by atoms with Crippen molar-refractivity contribution in [2.75, 3.05) is 20.8 Å². The second-order valence-electron chi connectivity index (χ2n) is 6.14. The summed E-state index contributed by atoms with van der Waals surface area (Å²) in [5.74, 6) is -0.262. The van der Waals surface area contributed by atoms with Crippen LogP contribution < -0.4 is 5.32 Å². The van der Waals surface area contributed by atoms with Gasteiger partial charge < -0.3 is 29.1 Å². The Morgan fingerprint density at radius 2 is 1.90 bits per heavy atom. The molecule has 1 rings (SSSR count). The third-order valence-corrected chi connectivity index (χ3v) is 4.11. The quantitative estimate of drug-likeness (QED) is 0.674. The van der Waals surface area contributed by atoms with E-state index in [1.807, 2.05) is 0 Å². The van der Waals surface area contributed by atoms with E-state index in [1.54, 1.807) is 7.11 Å². The molecule has 0 aliphatic carbocycles. The maximum Gasteiger partial charge on any atom is 0.217 e. The van der Waals surface area contributed by atoms with Gasteiger partial charge in [-0.1, -0.05) is 0 Å². The first-order valence-electron chi connectivity index (χ1n) is 6.99. The van der Waals surface area contributed by atoms with Crippen molar-refractivity contribution in [1.82, 2.24) is 5.32 Å². The minimum absolute atomic E-state index is 0.262. The normalized spacial score (nSPS) is 33.8. The number of aliphatic hydroxyl groups excluding tert-OH is 1. The zero-order chi connectivity index (χ0) is 16.2. The molecule has 0 unspecified atom stereocenters. The average Bonchev–Trinajstić information content (AvgIpc) is 2.33. The van der Waals surface area contributed by atoms with Crippen LogP contribution in [-0.2, 0) is 23.4 Å². The summed E-state index contributed by atoms with van der Waals surface area (Å²) in [6.45, 7) is 7.83. The van der Waals surface area contributed by atoms with Crippen molar-refractivity contribution in [3.63, 3.8) is 0 Å². The fourth-order valence-electron chi connectivity index (χ4n) is 2.44. The maximum atomic E-state index is 11.3. The molecule has 1 fully saturated rings. The average molecular weight is 321 g/mol. The molecule has 0 saturated carbocycles. The summed E-state index contributed by atoms with van der Waals surface area (Å²) in [6, 6.07) is -0.679. The molecular formula is C13H27NO6Si. The van der Waals surface area contributed by atoms with Gasteiger partial charge >= 0.3 is 0 Å². The molecule has 1 heterocycles. The van der Waals surface area contributed by atoms with Gasteiger partial charge in [-0.25, -0.2) is 0 Å². The van der Waals surface area contributed by atoms with Crippen molar-refractivity contribution in [3.8, 4) is 0 Å². The van der Waals surface area contributed by atoms with Crippen LogP contribution >= 0.6 is 0 Å². The molecule has 0 aromatic carbocycles. The van der Waals surface area contributed by atoms with E-state index >= 15 is 0 Å². The van der Waals surface area contributed by atoms with E-state index in [0.29, 0.717) is 0 Å². The highest BCUT2D eigenvalue weighted by molar-refractivity contribution is 6.69. The number of hydrogen-bond donors (Lipinski definition) is 2. The van der Waals surface area contributed by atoms with E-state index in [1.165, 1.54) is 14.0 Å². The highest BCUT2D eigenvalue weighted by Gasteiger charge is 2.48. The molecule has 5 atom stereocenters. The molecule has 1 amide bonds. The Labute approximate surface area is 127 Å². The Kier molecular flexibility index (Phi) is 6.76. The number of ether oxygens (including phenoxy) is 3. The Hall–Kier alpha value is -0.513. The summed E-state index contributed by atoms with van der Waals surface area (Å²) < 4.78 is 22.4. The fraction of sp³-hybridized carbons (Fsp3) is 0.923. The van der Waals surface area contributed by atoms with Crippen molar-refractivity contribution in [2.24, 2.45) is 0 Å². The van der Waals surface area contributed by atoms with E-state index in [-0.39, 0.29) is 12.5 Å². The van der Waals surface area contributed by atoms with E-state index in [9.17, 15) is 9.90 Å². The summed E-state index contributed by atoms with van der Waals surface area (Å²) in [6.07, 6.45) is -2.54. The SMILES string of the molecule is COC[C@H]1O[C@H](O)[C@H](NC(C)=O)[C@@H](OC)[C@@H]1O[Si](C)(C)C. The Morgan fingerprint density at radius 3 is 2.33 bits per heavy atom. The van der Waals surface area contributed by atoms with Crippen LogP contribution in [0.4, 0.5) is 0 Å². The van der Waals surface area contributed by atoms with Crippen molar-refractivity contribution in [1.29, 1.82) is 0 Å². The lowest BCUT2D eigenvalue weighted by Gasteiger charge is -2.46. The van der Waals surface area contributed by atoms with E-state index in [4.69, 9.17) is 18.6 Å². The van der Waals surface area contributed by atoms with Gasteiger partial charge in [0, 0.05) is 21.1 Å². The largest absolute Gasteiger partial charge is 0.409 e. The molecule has 0 radical (unpaired) electrons. The first-order valence-corrected chi connectivity index (χ1v) is 10.4. The molecule has 8 heteroatoms. The predicted octanol–water partition coefficient (Wildman–Crippen LogP) is 0.0898. The topological polar surface area (TPSA) is 86.2 Å². The number of aliphatic hydroxyl groups is 1. The third kappa shape index (κ3) is 5.31. The number of carbonyl (C=O) groups is 1. The predicted molar refractivity (Wildman–Crippen MR) is 79.4 cm³/mol. The molecule has 0 bridgehead atoms. The Balaban J connectivity index is 3.00. The molecule has 21 heavy (non-hydrogen) atoms. The van der Waals surface area contributed by atoms with Crippen molar-refractivity contribution in [3.05, 3.63) is 0 Å². The van der Waals surface area contributed by atoms with Crippen LogP contribution in [0.2, 0.25) is 19.6 Å². The minimum atomic E-state index is -1.87. The standard InChI is InChI=1S/C13H27NO6Si/c1-8(15)14-10-12(18-3)11(20-21(4,5)6)9(7-17-2)19-13(10)16/h9-13,16H,7H2,1-6H3,(H,14,15)/t9-,10-,11-,12-,13+/m1/s1. The molecular weight excluding hydrogens is 294 g/mol. The minimum Gasteiger partial charge on any atom is -0.409 e. The van der Waals surface area contributed by atoms with E-state index in [0.717, 1.165) is 0 Å². The number of nitrogens with one attached hydrogen (secondary N) is 1. The van der Waals surface area contributed by atoms with Gasteiger partial charge in [-0.3, -0.25) is 4.79 Å². The number of hydrogen-bond acceptors (Lipinski definition) is 6. The summed E-state index contributed by atoms with van der Waals surface area (Å²) >= 11 is 0.